The van der Waals surface area contributed by atoms with Gasteiger partial charge in [-0.15, -0.1) is 23.2 Å². The van der Waals surface area contributed by atoms with Gasteiger partial charge in [-0.2, -0.15) is 13.2 Å². The Morgan fingerprint density at radius 3 is 1.91 bits per heavy atom. The van der Waals surface area contributed by atoms with Gasteiger partial charge in [0.15, 0.2) is 0 Å². The molecule has 1 fully saturated rings. The number of nitrogens with one attached hydrogen (secondary N) is 3. The second kappa shape index (κ2) is 12.1. The smallest absolute Gasteiger partial charge is 0.326 e. The molecule has 43 heavy (non-hydrogen) atoms. The lowest BCUT2D eigenvalue weighted by atomic mass is 10.1. The summed E-state index contributed by atoms with van der Waals surface area (Å²) in [6, 6.07) is 6.11. The Kier molecular flexibility index (Phi) is 9.38. The molecule has 0 heterocycles. The van der Waals surface area contributed by atoms with Crippen LogP contribution in [0.2, 0.25) is 20.1 Å². The van der Waals surface area contributed by atoms with Gasteiger partial charge in [0.25, 0.3) is 5.91 Å². The first kappa shape index (κ1) is 33.4. The van der Waals surface area contributed by atoms with E-state index in [4.69, 9.17) is 69.6 Å². The van der Waals surface area contributed by atoms with Crippen LogP contribution in [0.25, 0.3) is 0 Å². The Morgan fingerprint density at radius 2 is 1.35 bits per heavy atom. The number of carbonyl (C=O) groups excluding carboxylic acids is 3. The molecule has 1 saturated carbocycles. The van der Waals surface area contributed by atoms with Crippen molar-refractivity contribution >= 4 is 104 Å². The molecule has 3 aromatic rings. The Labute approximate surface area is 269 Å². The van der Waals surface area contributed by atoms with Crippen LogP contribution in [-0.2, 0) is 9.59 Å². The number of halogens is 11. The third kappa shape index (κ3) is 6.92. The van der Waals surface area contributed by atoms with E-state index in [2.05, 4.69) is 10.6 Å². The van der Waals surface area contributed by atoms with Crippen LogP contribution in [0.15, 0.2) is 36.4 Å². The van der Waals surface area contributed by atoms with Crippen LogP contribution in [0.3, 0.4) is 0 Å². The minimum Gasteiger partial charge on any atom is -0.326 e. The molecule has 0 saturated heterocycles. The van der Waals surface area contributed by atoms with Gasteiger partial charge in [-0.1, -0.05) is 46.4 Å². The third-order valence-electron chi connectivity index (χ3n) is 6.28. The van der Waals surface area contributed by atoms with Gasteiger partial charge in [0.1, 0.15) is 16.0 Å². The maximum absolute atomic E-state index is 14.4. The van der Waals surface area contributed by atoms with Gasteiger partial charge < -0.3 is 16.0 Å². The molecule has 0 aromatic heterocycles. The summed E-state index contributed by atoms with van der Waals surface area (Å²) in [5.41, 5.74) is -1.33. The summed E-state index contributed by atoms with van der Waals surface area (Å²) >= 11 is 37.2. The van der Waals surface area contributed by atoms with Crippen LogP contribution in [0, 0.1) is 24.5 Å². The van der Waals surface area contributed by atoms with Gasteiger partial charge >= 0.3 is 12.1 Å². The number of hydrogen-bond acceptors (Lipinski definition) is 3. The van der Waals surface area contributed by atoms with E-state index in [1.807, 2.05) is 0 Å². The van der Waals surface area contributed by atoms with Gasteiger partial charge in [-0.05, 0) is 48.4 Å². The molecule has 0 spiro atoms. The highest BCUT2D eigenvalue weighted by atomic mass is 35.5. The van der Waals surface area contributed by atoms with Crippen molar-refractivity contribution < 1.29 is 36.3 Å². The molecule has 6 nitrogen and oxygen atoms in total. The molecule has 3 amide bonds. The van der Waals surface area contributed by atoms with E-state index in [0.29, 0.717) is 11.6 Å². The van der Waals surface area contributed by atoms with Crippen molar-refractivity contribution in [3.63, 3.8) is 0 Å². The normalized spacial score (nSPS) is 17.3. The van der Waals surface area contributed by atoms with Crippen LogP contribution in [0.5, 0.6) is 0 Å². The highest BCUT2D eigenvalue weighted by Crippen LogP contribution is 2.65. The average molecular weight is 724 g/mol. The fraction of sp³-hybridized carbons (Fsp3) is 0.192. The molecule has 0 aliphatic heterocycles. The Balaban J connectivity index is 1.56. The minimum atomic E-state index is -5.36. The van der Waals surface area contributed by atoms with Crippen LogP contribution in [0.4, 0.5) is 39.0 Å². The van der Waals surface area contributed by atoms with Crippen LogP contribution in [-0.4, -0.2) is 28.2 Å². The van der Waals surface area contributed by atoms with Crippen molar-refractivity contribution in [1.29, 1.82) is 0 Å². The standard InChI is InChI=1S/C26H14Cl6F5N3O3/c1-8-2-10(38-23(42)19-18(25(19,31)32)9-3-12(27)21(30)13(28)4-9)5-11(20(8)29)22(41)39-16-7-17(15(34)6-14(16)33)40-24(43)26(35,36)37/h2-7,18-19H,1H3,(H,38,42)(H,39,41)(H,40,43)/t18-,19?/m0/s1. The largest absolute Gasteiger partial charge is 0.471 e. The maximum atomic E-state index is 14.4. The third-order valence-corrected chi connectivity index (χ3v) is 8.92. The second-order valence-corrected chi connectivity index (χ2v) is 12.3. The summed E-state index contributed by atoms with van der Waals surface area (Å²) in [6.07, 6.45) is -5.36. The summed E-state index contributed by atoms with van der Waals surface area (Å²) in [5, 5.41) is 6.11. The van der Waals surface area contributed by atoms with Crippen molar-refractivity contribution in [3.8, 4) is 0 Å². The van der Waals surface area contributed by atoms with Crippen LogP contribution in [0.1, 0.15) is 27.4 Å². The zero-order valence-electron chi connectivity index (χ0n) is 21.0. The fourth-order valence-electron chi connectivity index (χ4n) is 4.17. The molecule has 17 heteroatoms. The first-order chi connectivity index (χ1) is 19.8. The molecule has 1 aliphatic rings. The first-order valence-electron chi connectivity index (χ1n) is 11.6. The lowest BCUT2D eigenvalue weighted by Crippen LogP contribution is -2.30. The molecule has 228 valence electrons. The van der Waals surface area contributed by atoms with E-state index < -0.39 is 63.1 Å². The van der Waals surface area contributed by atoms with Crippen molar-refractivity contribution in [2.24, 2.45) is 5.92 Å². The van der Waals surface area contributed by atoms with Gasteiger partial charge in [0.2, 0.25) is 5.91 Å². The maximum Gasteiger partial charge on any atom is 0.471 e. The highest BCUT2D eigenvalue weighted by Gasteiger charge is 2.67. The molecule has 0 bridgehead atoms. The van der Waals surface area contributed by atoms with Crippen molar-refractivity contribution in [2.45, 2.75) is 23.4 Å². The van der Waals surface area contributed by atoms with Crippen LogP contribution >= 0.6 is 69.6 Å². The monoisotopic (exact) mass is 721 g/mol. The Morgan fingerprint density at radius 1 is 0.791 bits per heavy atom. The van der Waals surface area contributed by atoms with Gasteiger partial charge in [-0.3, -0.25) is 14.4 Å². The lowest BCUT2D eigenvalue weighted by molar-refractivity contribution is -0.167. The first-order valence-corrected chi connectivity index (χ1v) is 13.9. The summed E-state index contributed by atoms with van der Waals surface area (Å²) in [4.78, 5) is 37.4. The van der Waals surface area contributed by atoms with Gasteiger partial charge in [0.05, 0.1) is 42.9 Å². The van der Waals surface area contributed by atoms with Crippen molar-refractivity contribution in [1.82, 2.24) is 0 Å². The fourth-order valence-corrected chi connectivity index (χ4v) is 5.81. The highest BCUT2D eigenvalue weighted by molar-refractivity contribution is 6.54. The zero-order chi connectivity index (χ0) is 32.2. The lowest BCUT2D eigenvalue weighted by Gasteiger charge is -2.14. The molecule has 1 aliphatic carbocycles. The van der Waals surface area contributed by atoms with E-state index in [9.17, 15) is 36.3 Å². The topological polar surface area (TPSA) is 87.3 Å². The minimum absolute atomic E-state index is 0.0525. The number of aryl methyl sites for hydroxylation is 1. The SMILES string of the molecule is Cc1cc(NC(=O)C2[C@H](c3cc(Cl)c(Cl)c(Cl)c3)C2(Cl)Cl)cc(C(=O)Nc2cc(NC(=O)C(F)(F)F)c(F)cc2F)c1Cl. The Bertz CT molecular complexity index is 1660. The number of alkyl halides is 5. The summed E-state index contributed by atoms with van der Waals surface area (Å²) in [6.45, 7) is 1.49. The van der Waals surface area contributed by atoms with E-state index in [1.54, 1.807) is 0 Å². The van der Waals surface area contributed by atoms with Gasteiger partial charge in [-0.25, -0.2) is 8.78 Å². The molecule has 3 aromatic carbocycles. The molecule has 0 radical (unpaired) electrons. The van der Waals surface area contributed by atoms with E-state index in [0.717, 1.165) is 6.07 Å². The number of benzene rings is 3. The van der Waals surface area contributed by atoms with Crippen LogP contribution < -0.4 is 16.0 Å². The number of hydrogen-bond donors (Lipinski definition) is 3. The molecule has 1 unspecified atom stereocenters. The average Bonchev–Trinajstić information content (AvgIpc) is 3.48. The van der Waals surface area contributed by atoms with Crippen molar-refractivity contribution in [2.75, 3.05) is 16.0 Å². The van der Waals surface area contributed by atoms with E-state index in [-0.39, 0.29) is 43.0 Å². The summed E-state index contributed by atoms with van der Waals surface area (Å²) < 4.78 is 64.6. The molecule has 4 rings (SSSR count). The van der Waals surface area contributed by atoms with E-state index >= 15 is 0 Å². The molecule has 3 N–H and O–H groups in total. The molecular formula is C26H14Cl6F5N3O3. The number of anilines is 3. The molecular weight excluding hydrogens is 710 g/mol. The Hall–Kier alpha value is -2.54. The second-order valence-electron chi connectivity index (χ2n) is 9.29. The van der Waals surface area contributed by atoms with Crippen molar-refractivity contribution in [3.05, 3.63) is 84.8 Å². The number of carbonyl (C=O) groups is 3. The predicted molar refractivity (Wildman–Crippen MR) is 156 cm³/mol. The van der Waals surface area contributed by atoms with Gasteiger partial charge in [0, 0.05) is 17.7 Å². The number of amides is 3. The zero-order valence-corrected chi connectivity index (χ0v) is 25.5. The summed E-state index contributed by atoms with van der Waals surface area (Å²) in [7, 11) is 0. The number of rotatable bonds is 6. The summed E-state index contributed by atoms with van der Waals surface area (Å²) in [5.74, 6) is -8.86. The molecule has 2 atom stereocenters. The quantitative estimate of drug-likeness (QED) is 0.135. The van der Waals surface area contributed by atoms with E-state index in [1.165, 1.54) is 30.4 Å². The predicted octanol–water partition coefficient (Wildman–Crippen LogP) is 9.17.